The molecule has 0 bridgehead atoms. The third-order valence-electron chi connectivity index (χ3n) is 8.35. The standard InChI is InChI=1S/4C11H10BrN3O/c4*1-7-11(8(2)16-15-7)14-13-10-5-3-9(12)4-6-10/h4*3-6H,1-2H3. The van der Waals surface area contributed by atoms with E-state index < -0.39 is 0 Å². The fourth-order valence-corrected chi connectivity index (χ4v) is 6.00. The summed E-state index contributed by atoms with van der Waals surface area (Å²) < 4.78 is 24.0. The quantitative estimate of drug-likeness (QED) is 0.134. The van der Waals surface area contributed by atoms with E-state index in [2.05, 4.69) is 125 Å². The van der Waals surface area contributed by atoms with Crippen LogP contribution in [0.4, 0.5) is 45.5 Å². The zero-order chi connectivity index (χ0) is 46.2. The zero-order valence-electron chi connectivity index (χ0n) is 35.7. The number of aryl methyl sites for hydroxylation is 8. The van der Waals surface area contributed by atoms with Crippen LogP contribution in [0, 0.1) is 55.4 Å². The van der Waals surface area contributed by atoms with Gasteiger partial charge in [-0.05, 0) is 152 Å². The molecule has 0 aliphatic rings. The maximum absolute atomic E-state index is 4.99. The highest BCUT2D eigenvalue weighted by molar-refractivity contribution is 9.11. The van der Waals surface area contributed by atoms with Crippen LogP contribution in [0.5, 0.6) is 0 Å². The Hall–Kier alpha value is -5.96. The number of azo groups is 4. The van der Waals surface area contributed by atoms with Crippen LogP contribution in [0.2, 0.25) is 0 Å². The number of nitrogens with zero attached hydrogens (tertiary/aromatic N) is 12. The summed E-state index contributed by atoms with van der Waals surface area (Å²) in [5, 5.41) is 48.2. The summed E-state index contributed by atoms with van der Waals surface area (Å²) in [6, 6.07) is 30.4. The summed E-state index contributed by atoms with van der Waals surface area (Å²) in [7, 11) is 0. The minimum Gasteiger partial charge on any atom is -0.359 e. The highest BCUT2D eigenvalue weighted by Gasteiger charge is 2.10. The molecule has 0 aliphatic heterocycles. The Labute approximate surface area is 402 Å². The van der Waals surface area contributed by atoms with Gasteiger partial charge in [0.05, 0.1) is 22.7 Å². The second kappa shape index (κ2) is 24.2. The summed E-state index contributed by atoms with van der Waals surface area (Å²) in [4.78, 5) is 0. The van der Waals surface area contributed by atoms with Gasteiger partial charge in [-0.15, -0.1) is 20.5 Å². The first-order valence-corrected chi connectivity index (χ1v) is 22.2. The molecule has 20 heteroatoms. The van der Waals surface area contributed by atoms with Gasteiger partial charge < -0.3 is 18.1 Å². The Morgan fingerprint density at radius 1 is 0.281 bits per heavy atom. The lowest BCUT2D eigenvalue weighted by molar-refractivity contribution is 0.393. The van der Waals surface area contributed by atoms with E-state index in [9.17, 15) is 0 Å². The number of aromatic nitrogens is 4. The van der Waals surface area contributed by atoms with Crippen molar-refractivity contribution in [1.82, 2.24) is 20.6 Å². The molecular weight excluding hydrogens is 1080 g/mol. The molecule has 0 aliphatic carbocycles. The van der Waals surface area contributed by atoms with Gasteiger partial charge in [-0.1, -0.05) is 84.3 Å². The molecule has 16 nitrogen and oxygen atoms in total. The monoisotopic (exact) mass is 1120 g/mol. The van der Waals surface area contributed by atoms with Gasteiger partial charge >= 0.3 is 0 Å². The molecule has 64 heavy (non-hydrogen) atoms. The van der Waals surface area contributed by atoms with Gasteiger partial charge in [0, 0.05) is 17.9 Å². The van der Waals surface area contributed by atoms with Gasteiger partial charge in [0.2, 0.25) is 0 Å². The Kier molecular flexibility index (Phi) is 18.5. The number of hydrogen-bond acceptors (Lipinski definition) is 16. The number of halogens is 4. The number of rotatable bonds is 8. The minimum absolute atomic E-state index is 0.679. The van der Waals surface area contributed by atoms with Crippen molar-refractivity contribution in [2.24, 2.45) is 40.9 Å². The molecule has 0 radical (unpaired) electrons. The Morgan fingerprint density at radius 2 is 0.453 bits per heavy atom. The van der Waals surface area contributed by atoms with Crippen molar-refractivity contribution in [2.75, 3.05) is 0 Å². The lowest BCUT2D eigenvalue weighted by Gasteiger charge is -1.92. The largest absolute Gasteiger partial charge is 0.359 e. The molecule has 0 atom stereocenters. The first kappa shape index (κ1) is 49.1. The third kappa shape index (κ3) is 15.1. The minimum atomic E-state index is 0.679. The second-order valence-corrected chi connectivity index (χ2v) is 17.1. The summed E-state index contributed by atoms with van der Waals surface area (Å²) in [5.74, 6) is 2.72. The second-order valence-electron chi connectivity index (χ2n) is 13.4. The molecule has 0 saturated carbocycles. The predicted molar refractivity (Wildman–Crippen MR) is 257 cm³/mol. The van der Waals surface area contributed by atoms with Crippen molar-refractivity contribution in [3.05, 3.63) is 161 Å². The third-order valence-corrected chi connectivity index (χ3v) is 10.5. The van der Waals surface area contributed by atoms with Crippen LogP contribution in [-0.4, -0.2) is 20.6 Å². The molecule has 0 fully saturated rings. The molecule has 8 rings (SSSR count). The molecular formula is C44H40Br4N12O4. The molecule has 8 aromatic rings. The fraction of sp³-hybridized carbons (Fsp3) is 0.182. The molecule has 4 aromatic heterocycles. The normalized spacial score (nSPS) is 11.2. The SMILES string of the molecule is Cc1noc(C)c1N=Nc1ccc(Br)cc1.Cc1noc(C)c1N=Nc1ccc(Br)cc1.Cc1noc(C)c1N=Nc1ccc(Br)cc1.Cc1noc(C)c1N=Nc1ccc(Br)cc1. The van der Waals surface area contributed by atoms with Crippen molar-refractivity contribution < 1.29 is 18.1 Å². The highest BCUT2D eigenvalue weighted by atomic mass is 79.9. The van der Waals surface area contributed by atoms with E-state index in [1.54, 1.807) is 0 Å². The van der Waals surface area contributed by atoms with Crippen LogP contribution in [0.25, 0.3) is 0 Å². The maximum atomic E-state index is 4.99. The first-order chi connectivity index (χ1) is 30.7. The number of benzene rings is 4. The Bertz CT molecular complexity index is 2380. The molecule has 328 valence electrons. The van der Waals surface area contributed by atoms with Gasteiger partial charge in [0.1, 0.15) is 22.8 Å². The summed E-state index contributed by atoms with van der Waals surface area (Å²) in [6.07, 6.45) is 0. The summed E-state index contributed by atoms with van der Waals surface area (Å²) in [5.41, 5.74) is 8.96. The van der Waals surface area contributed by atoms with Crippen molar-refractivity contribution in [3.8, 4) is 0 Å². The average Bonchev–Trinajstić information content (AvgIpc) is 4.01. The van der Waals surface area contributed by atoms with Crippen LogP contribution in [-0.2, 0) is 0 Å². The Morgan fingerprint density at radius 3 is 0.594 bits per heavy atom. The average molecular weight is 1120 g/mol. The first-order valence-electron chi connectivity index (χ1n) is 19.1. The fourth-order valence-electron chi connectivity index (χ4n) is 4.95. The highest BCUT2D eigenvalue weighted by Crippen LogP contribution is 2.29. The molecule has 0 spiro atoms. The molecule has 0 amide bonds. The van der Waals surface area contributed by atoms with E-state index in [-0.39, 0.29) is 0 Å². The Balaban J connectivity index is 0.000000161. The van der Waals surface area contributed by atoms with Crippen molar-refractivity contribution in [1.29, 1.82) is 0 Å². The molecule has 4 aromatic carbocycles. The van der Waals surface area contributed by atoms with Gasteiger partial charge in [0.15, 0.2) is 45.8 Å². The van der Waals surface area contributed by atoms with Gasteiger partial charge in [-0.25, -0.2) is 0 Å². The van der Waals surface area contributed by atoms with E-state index in [4.69, 9.17) is 18.1 Å². The zero-order valence-corrected chi connectivity index (χ0v) is 42.1. The van der Waals surface area contributed by atoms with Gasteiger partial charge in [-0.3, -0.25) is 0 Å². The van der Waals surface area contributed by atoms with E-state index in [0.29, 0.717) is 45.8 Å². The van der Waals surface area contributed by atoms with Crippen molar-refractivity contribution in [3.63, 3.8) is 0 Å². The van der Waals surface area contributed by atoms with E-state index >= 15 is 0 Å². The van der Waals surface area contributed by atoms with Crippen LogP contribution in [0.15, 0.2) is 174 Å². The van der Waals surface area contributed by atoms with Gasteiger partial charge in [0.25, 0.3) is 0 Å². The van der Waals surface area contributed by atoms with Crippen molar-refractivity contribution >= 4 is 109 Å². The molecule has 4 heterocycles. The molecule has 0 unspecified atom stereocenters. The lowest BCUT2D eigenvalue weighted by Crippen LogP contribution is -1.69. The van der Waals surface area contributed by atoms with E-state index in [1.165, 1.54) is 0 Å². The molecule has 0 saturated heterocycles. The smallest absolute Gasteiger partial charge is 0.161 e. The van der Waals surface area contributed by atoms with E-state index in [1.807, 2.05) is 152 Å². The van der Waals surface area contributed by atoms with Gasteiger partial charge in [-0.2, -0.15) is 20.5 Å². The summed E-state index contributed by atoms with van der Waals surface area (Å²) in [6.45, 7) is 14.6. The lowest BCUT2D eigenvalue weighted by atomic mass is 10.3. The van der Waals surface area contributed by atoms with E-state index in [0.717, 1.165) is 63.4 Å². The van der Waals surface area contributed by atoms with Crippen LogP contribution >= 0.6 is 63.7 Å². The topological polar surface area (TPSA) is 203 Å². The van der Waals surface area contributed by atoms with Crippen molar-refractivity contribution in [2.45, 2.75) is 55.4 Å². The van der Waals surface area contributed by atoms with Crippen LogP contribution < -0.4 is 0 Å². The van der Waals surface area contributed by atoms with Crippen LogP contribution in [0.1, 0.15) is 45.8 Å². The van der Waals surface area contributed by atoms with Crippen LogP contribution in [0.3, 0.4) is 0 Å². The predicted octanol–water partition coefficient (Wildman–Crippen LogP) is 17.9. The maximum Gasteiger partial charge on any atom is 0.161 e. The number of hydrogen-bond donors (Lipinski definition) is 0. The summed E-state index contributed by atoms with van der Waals surface area (Å²) >= 11 is 13.4. The molecule has 0 N–H and O–H groups in total.